The minimum Gasteiger partial charge on any atom is -0.313 e. The minimum absolute atomic E-state index is 0.0611. The van der Waals surface area contributed by atoms with Crippen LogP contribution in [-0.4, -0.2) is 29.5 Å². The second-order valence-corrected chi connectivity index (χ2v) is 8.89. The highest BCUT2D eigenvalue weighted by Crippen LogP contribution is 2.56. The highest BCUT2D eigenvalue weighted by molar-refractivity contribution is 7.18. The maximum absolute atomic E-state index is 13.0. The summed E-state index contributed by atoms with van der Waals surface area (Å²) < 4.78 is 41.1. The average molecular weight is 470 g/mol. The van der Waals surface area contributed by atoms with Crippen molar-refractivity contribution in [2.45, 2.75) is 24.4 Å². The zero-order valence-electron chi connectivity index (χ0n) is 16.6. The van der Waals surface area contributed by atoms with Crippen LogP contribution in [0.4, 0.5) is 13.2 Å². The molecule has 12 heteroatoms. The third kappa shape index (κ3) is 3.33. The molecule has 1 fully saturated rings. The fraction of sp³-hybridized carbons (Fsp3) is 0.190. The Labute approximate surface area is 185 Å². The van der Waals surface area contributed by atoms with Crippen LogP contribution in [0.2, 0.25) is 0 Å². The highest BCUT2D eigenvalue weighted by Gasteiger charge is 2.42. The van der Waals surface area contributed by atoms with E-state index in [0.29, 0.717) is 32.9 Å². The highest BCUT2D eigenvalue weighted by atomic mass is 32.1. The fourth-order valence-electron chi connectivity index (χ4n) is 4.15. The number of aromatic nitrogens is 6. The van der Waals surface area contributed by atoms with Gasteiger partial charge in [-0.15, -0.1) is 11.3 Å². The SMILES string of the molecule is O=c1[nH]cc(-c2cc([C@H]3C[C@@H]3c3ccc4nc(C(F)(F)F)sc4c3)c3nccn3n2)c(=O)[nH]1. The van der Waals surface area contributed by atoms with Crippen molar-refractivity contribution in [1.82, 2.24) is 29.5 Å². The van der Waals surface area contributed by atoms with Gasteiger partial charge in [0, 0.05) is 24.2 Å². The zero-order chi connectivity index (χ0) is 22.9. The Morgan fingerprint density at radius 1 is 1.15 bits per heavy atom. The molecule has 4 aromatic heterocycles. The van der Waals surface area contributed by atoms with E-state index in [2.05, 4.69) is 25.0 Å². The van der Waals surface area contributed by atoms with Gasteiger partial charge in [-0.25, -0.2) is 19.3 Å². The van der Waals surface area contributed by atoms with Crippen LogP contribution in [0.1, 0.15) is 34.4 Å². The number of benzene rings is 1. The molecule has 0 amide bonds. The first-order valence-corrected chi connectivity index (χ1v) is 10.7. The van der Waals surface area contributed by atoms with Crippen LogP contribution in [0, 0.1) is 0 Å². The number of hydrogen-bond donors (Lipinski definition) is 2. The summed E-state index contributed by atoms with van der Waals surface area (Å²) in [5.74, 6) is 0.154. The van der Waals surface area contributed by atoms with Gasteiger partial charge in [0.25, 0.3) is 5.56 Å². The Morgan fingerprint density at radius 2 is 2.00 bits per heavy atom. The van der Waals surface area contributed by atoms with Crippen LogP contribution in [0.15, 0.2) is 52.4 Å². The Balaban J connectivity index is 1.39. The lowest BCUT2D eigenvalue weighted by Gasteiger charge is -2.07. The molecule has 6 rings (SSSR count). The van der Waals surface area contributed by atoms with Crippen molar-refractivity contribution in [3.63, 3.8) is 0 Å². The van der Waals surface area contributed by atoms with Crippen molar-refractivity contribution in [3.05, 3.63) is 79.8 Å². The summed E-state index contributed by atoms with van der Waals surface area (Å²) in [6, 6.07) is 6.98. The van der Waals surface area contributed by atoms with Crippen molar-refractivity contribution in [2.24, 2.45) is 0 Å². The van der Waals surface area contributed by atoms with Crippen molar-refractivity contribution < 1.29 is 13.2 Å². The van der Waals surface area contributed by atoms with Crippen LogP contribution in [0.25, 0.3) is 27.1 Å². The van der Waals surface area contributed by atoms with Gasteiger partial charge >= 0.3 is 11.9 Å². The predicted octanol–water partition coefficient (Wildman–Crippen LogP) is 3.67. The molecule has 5 aromatic rings. The second kappa shape index (κ2) is 6.85. The number of nitrogens with one attached hydrogen (secondary N) is 2. The summed E-state index contributed by atoms with van der Waals surface area (Å²) in [5.41, 5.74) is 2.21. The largest absolute Gasteiger partial charge is 0.443 e. The topological polar surface area (TPSA) is 109 Å². The third-order valence-electron chi connectivity index (χ3n) is 5.76. The predicted molar refractivity (Wildman–Crippen MR) is 114 cm³/mol. The number of rotatable bonds is 3. The van der Waals surface area contributed by atoms with E-state index in [1.807, 2.05) is 6.07 Å². The third-order valence-corrected chi connectivity index (χ3v) is 6.82. The zero-order valence-corrected chi connectivity index (χ0v) is 17.4. The van der Waals surface area contributed by atoms with Gasteiger partial charge in [-0.3, -0.25) is 9.78 Å². The molecule has 0 radical (unpaired) electrons. The number of aromatic amines is 2. The molecule has 166 valence electrons. The van der Waals surface area contributed by atoms with Gasteiger partial charge in [0.2, 0.25) is 0 Å². The van der Waals surface area contributed by atoms with Gasteiger partial charge in [0.05, 0.1) is 21.5 Å². The number of hydrogen-bond acceptors (Lipinski definition) is 6. The van der Waals surface area contributed by atoms with E-state index in [-0.39, 0.29) is 17.4 Å². The molecule has 1 aliphatic rings. The first-order valence-electron chi connectivity index (χ1n) is 9.92. The first-order chi connectivity index (χ1) is 15.8. The molecule has 2 atom stereocenters. The van der Waals surface area contributed by atoms with Gasteiger partial charge in [-0.05, 0) is 42.0 Å². The maximum atomic E-state index is 13.0. The molecule has 1 saturated carbocycles. The summed E-state index contributed by atoms with van der Waals surface area (Å²) in [4.78, 5) is 36.3. The van der Waals surface area contributed by atoms with Crippen LogP contribution in [0.5, 0.6) is 0 Å². The first kappa shape index (κ1) is 19.9. The summed E-state index contributed by atoms with van der Waals surface area (Å²) in [7, 11) is 0. The second-order valence-electron chi connectivity index (χ2n) is 7.86. The molecular weight excluding hydrogens is 457 g/mol. The van der Waals surface area contributed by atoms with Gasteiger partial charge in [0.15, 0.2) is 10.7 Å². The fourth-order valence-corrected chi connectivity index (χ4v) is 5.03. The van der Waals surface area contributed by atoms with Crippen LogP contribution in [0.3, 0.4) is 0 Å². The number of H-pyrrole nitrogens is 2. The van der Waals surface area contributed by atoms with Gasteiger partial charge in [0.1, 0.15) is 0 Å². The van der Waals surface area contributed by atoms with Crippen molar-refractivity contribution in [1.29, 1.82) is 0 Å². The van der Waals surface area contributed by atoms with Crippen molar-refractivity contribution in [2.75, 3.05) is 0 Å². The summed E-state index contributed by atoms with van der Waals surface area (Å²) in [6.45, 7) is 0. The number of imidazole rings is 1. The average Bonchev–Trinajstić information content (AvgIpc) is 3.19. The summed E-state index contributed by atoms with van der Waals surface area (Å²) in [5, 5.41) is 3.57. The molecule has 2 N–H and O–H groups in total. The quantitative estimate of drug-likeness (QED) is 0.418. The van der Waals surface area contributed by atoms with E-state index in [0.717, 1.165) is 17.5 Å². The number of halogens is 3. The molecular formula is C21H13F3N6O2S. The molecule has 4 heterocycles. The Morgan fingerprint density at radius 3 is 2.79 bits per heavy atom. The Bertz CT molecular complexity index is 1660. The van der Waals surface area contributed by atoms with Crippen molar-refractivity contribution >= 4 is 27.2 Å². The van der Waals surface area contributed by atoms with Crippen LogP contribution >= 0.6 is 11.3 Å². The monoisotopic (exact) mass is 470 g/mol. The molecule has 0 aliphatic heterocycles. The van der Waals surface area contributed by atoms with E-state index < -0.39 is 22.4 Å². The molecule has 8 nitrogen and oxygen atoms in total. The normalized spacial score (nSPS) is 18.3. The molecule has 0 saturated heterocycles. The van der Waals surface area contributed by atoms with E-state index in [9.17, 15) is 22.8 Å². The summed E-state index contributed by atoms with van der Waals surface area (Å²) >= 11 is 0.637. The van der Waals surface area contributed by atoms with Crippen molar-refractivity contribution in [3.8, 4) is 11.3 Å². The van der Waals surface area contributed by atoms with E-state index in [4.69, 9.17) is 0 Å². The van der Waals surface area contributed by atoms with E-state index in [1.165, 1.54) is 6.20 Å². The lowest BCUT2D eigenvalue weighted by Crippen LogP contribution is -2.23. The van der Waals surface area contributed by atoms with E-state index >= 15 is 0 Å². The number of nitrogens with zero attached hydrogens (tertiary/aromatic N) is 4. The van der Waals surface area contributed by atoms with Crippen LogP contribution in [-0.2, 0) is 6.18 Å². The number of alkyl halides is 3. The lowest BCUT2D eigenvalue weighted by atomic mass is 10.0. The number of fused-ring (bicyclic) bond motifs is 2. The van der Waals surface area contributed by atoms with Gasteiger partial charge < -0.3 is 4.98 Å². The number of thiazole rings is 1. The van der Waals surface area contributed by atoms with E-state index in [1.54, 1.807) is 35.1 Å². The Hall–Kier alpha value is -3.80. The smallest absolute Gasteiger partial charge is 0.313 e. The standard InChI is InChI=1S/C21H13F3N6O2S/c22-21(23,24)19-27-14-2-1-9(5-16(14)33-19)10-6-11(10)12-7-15(29-30-4-3-25-17(12)30)13-8-26-20(32)28-18(13)31/h1-5,7-8,10-11H,6H2,(H2,26,28,31,32)/t10-,11+/m1/s1. The molecule has 33 heavy (non-hydrogen) atoms. The molecule has 1 aromatic carbocycles. The minimum atomic E-state index is -4.47. The molecule has 0 spiro atoms. The Kier molecular flexibility index (Phi) is 4.12. The van der Waals surface area contributed by atoms with Gasteiger partial charge in [-0.1, -0.05) is 6.07 Å². The molecule has 0 unspecified atom stereocenters. The summed E-state index contributed by atoms with van der Waals surface area (Å²) in [6.07, 6.45) is 0.903. The van der Waals surface area contributed by atoms with Crippen LogP contribution < -0.4 is 11.2 Å². The molecule has 1 aliphatic carbocycles. The molecule has 0 bridgehead atoms. The van der Waals surface area contributed by atoms with Gasteiger partial charge in [-0.2, -0.15) is 18.3 Å². The lowest BCUT2D eigenvalue weighted by molar-refractivity contribution is -0.137. The maximum Gasteiger partial charge on any atom is 0.443 e.